The molecule has 2 aromatic heterocycles. The van der Waals surface area contributed by atoms with Crippen LogP contribution in [0.5, 0.6) is 0 Å². The van der Waals surface area contributed by atoms with Crippen LogP contribution >= 0.6 is 46.2 Å². The van der Waals surface area contributed by atoms with Gasteiger partial charge in [0.25, 0.3) is 0 Å². The number of hydrogen-bond acceptors (Lipinski definition) is 4. The first-order valence-electron chi connectivity index (χ1n) is 7.53. The summed E-state index contributed by atoms with van der Waals surface area (Å²) in [5.74, 6) is 0. The van der Waals surface area contributed by atoms with Gasteiger partial charge in [0.2, 0.25) is 0 Å². The summed E-state index contributed by atoms with van der Waals surface area (Å²) in [5.41, 5.74) is 0. The standard InChI is InChI=1S/C20H14S4/c1-3-7-15(8-4-1)21-19-13-11-17(23-19)18-12-14-20(24-18)22-16-9-5-2-6-10-16/h1-14H. The molecule has 0 atom stereocenters. The molecule has 4 rings (SSSR count). The fourth-order valence-corrected chi connectivity index (χ4v) is 6.56. The van der Waals surface area contributed by atoms with Gasteiger partial charge in [0.15, 0.2) is 0 Å². The summed E-state index contributed by atoms with van der Waals surface area (Å²) in [4.78, 5) is 5.27. The minimum absolute atomic E-state index is 1.29. The van der Waals surface area contributed by atoms with Gasteiger partial charge in [-0.05, 0) is 48.5 Å². The van der Waals surface area contributed by atoms with Crippen LogP contribution in [0.4, 0.5) is 0 Å². The number of rotatable bonds is 5. The van der Waals surface area contributed by atoms with Crippen molar-refractivity contribution in [1.82, 2.24) is 0 Å². The van der Waals surface area contributed by atoms with Crippen molar-refractivity contribution in [2.24, 2.45) is 0 Å². The van der Waals surface area contributed by atoms with Crippen molar-refractivity contribution in [1.29, 1.82) is 0 Å². The normalized spacial score (nSPS) is 10.8. The van der Waals surface area contributed by atoms with E-state index in [1.807, 2.05) is 46.2 Å². The molecule has 24 heavy (non-hydrogen) atoms. The zero-order chi connectivity index (χ0) is 16.2. The van der Waals surface area contributed by atoms with Gasteiger partial charge in [0, 0.05) is 19.5 Å². The first kappa shape index (κ1) is 16.0. The molecule has 0 amide bonds. The van der Waals surface area contributed by atoms with E-state index in [2.05, 4.69) is 84.9 Å². The van der Waals surface area contributed by atoms with Gasteiger partial charge < -0.3 is 0 Å². The quantitative estimate of drug-likeness (QED) is 0.345. The third-order valence-corrected chi connectivity index (χ3v) is 7.97. The van der Waals surface area contributed by atoms with Crippen LogP contribution in [0.1, 0.15) is 0 Å². The van der Waals surface area contributed by atoms with Gasteiger partial charge in [-0.1, -0.05) is 59.9 Å². The molecule has 0 aliphatic rings. The van der Waals surface area contributed by atoms with Crippen molar-refractivity contribution in [3.63, 3.8) is 0 Å². The van der Waals surface area contributed by atoms with E-state index in [1.165, 1.54) is 28.0 Å². The molecular formula is C20H14S4. The van der Waals surface area contributed by atoms with Crippen LogP contribution in [0.2, 0.25) is 0 Å². The Balaban J connectivity index is 1.49. The highest BCUT2D eigenvalue weighted by atomic mass is 32.2. The molecular weight excluding hydrogens is 368 g/mol. The predicted octanol–water partition coefficient (Wildman–Crippen LogP) is 7.78. The Morgan fingerprint density at radius 3 is 1.29 bits per heavy atom. The maximum atomic E-state index is 2.23. The van der Waals surface area contributed by atoms with Crippen LogP contribution in [-0.2, 0) is 0 Å². The Labute approximate surface area is 158 Å². The highest BCUT2D eigenvalue weighted by molar-refractivity contribution is 8.01. The molecule has 0 radical (unpaired) electrons. The fourth-order valence-electron chi connectivity index (χ4n) is 2.22. The zero-order valence-electron chi connectivity index (χ0n) is 12.7. The molecule has 0 fully saturated rings. The summed E-state index contributed by atoms with van der Waals surface area (Å²) in [7, 11) is 0. The summed E-state index contributed by atoms with van der Waals surface area (Å²) >= 11 is 7.39. The third-order valence-electron chi connectivity index (χ3n) is 3.33. The van der Waals surface area contributed by atoms with Gasteiger partial charge in [-0.25, -0.2) is 0 Å². The third kappa shape index (κ3) is 3.95. The van der Waals surface area contributed by atoms with E-state index in [1.54, 1.807) is 0 Å². The van der Waals surface area contributed by atoms with Crippen LogP contribution in [0.3, 0.4) is 0 Å². The van der Waals surface area contributed by atoms with Crippen molar-refractivity contribution >= 4 is 46.2 Å². The molecule has 118 valence electrons. The van der Waals surface area contributed by atoms with Crippen LogP contribution in [0.15, 0.2) is 103 Å². The summed E-state index contributed by atoms with van der Waals surface area (Å²) in [6.45, 7) is 0. The van der Waals surface area contributed by atoms with E-state index in [9.17, 15) is 0 Å². The molecule has 0 spiro atoms. The Kier molecular flexibility index (Phi) is 5.09. The molecule has 0 saturated heterocycles. The summed E-state index contributed by atoms with van der Waals surface area (Å²) in [6, 6.07) is 30.0. The Bertz CT molecular complexity index is 829. The molecule has 4 aromatic rings. The molecule has 0 N–H and O–H groups in total. The molecule has 2 aromatic carbocycles. The first-order chi connectivity index (χ1) is 11.9. The van der Waals surface area contributed by atoms with E-state index in [0.29, 0.717) is 0 Å². The summed E-state index contributed by atoms with van der Waals surface area (Å²) in [6.07, 6.45) is 0. The van der Waals surface area contributed by atoms with Gasteiger partial charge in [0.05, 0.1) is 8.42 Å². The summed E-state index contributed by atoms with van der Waals surface area (Å²) < 4.78 is 2.67. The maximum absolute atomic E-state index is 2.23. The lowest BCUT2D eigenvalue weighted by Crippen LogP contribution is -1.66. The highest BCUT2D eigenvalue weighted by Crippen LogP contribution is 2.42. The van der Waals surface area contributed by atoms with Crippen molar-refractivity contribution in [2.75, 3.05) is 0 Å². The van der Waals surface area contributed by atoms with Crippen molar-refractivity contribution in [2.45, 2.75) is 18.2 Å². The average Bonchev–Trinajstić information content (AvgIpc) is 3.26. The Morgan fingerprint density at radius 1 is 0.458 bits per heavy atom. The second-order valence-electron chi connectivity index (χ2n) is 5.07. The predicted molar refractivity (Wildman–Crippen MR) is 109 cm³/mol. The first-order valence-corrected chi connectivity index (χ1v) is 10.8. The number of hydrogen-bond donors (Lipinski definition) is 0. The molecule has 0 aliphatic heterocycles. The minimum atomic E-state index is 1.29. The molecule has 0 bridgehead atoms. The Morgan fingerprint density at radius 2 is 0.875 bits per heavy atom. The average molecular weight is 383 g/mol. The zero-order valence-corrected chi connectivity index (χ0v) is 16.0. The van der Waals surface area contributed by atoms with Gasteiger partial charge in [0.1, 0.15) is 0 Å². The number of benzene rings is 2. The molecule has 0 saturated carbocycles. The maximum Gasteiger partial charge on any atom is 0.0653 e. The summed E-state index contributed by atoms with van der Waals surface area (Å²) in [5, 5.41) is 0. The molecule has 0 unspecified atom stereocenters. The van der Waals surface area contributed by atoms with Gasteiger partial charge in [-0.3, -0.25) is 0 Å². The van der Waals surface area contributed by atoms with E-state index < -0.39 is 0 Å². The molecule has 2 heterocycles. The van der Waals surface area contributed by atoms with Crippen molar-refractivity contribution in [3.05, 3.63) is 84.9 Å². The van der Waals surface area contributed by atoms with Crippen LogP contribution in [-0.4, -0.2) is 0 Å². The van der Waals surface area contributed by atoms with Crippen molar-refractivity contribution < 1.29 is 0 Å². The lowest BCUT2D eigenvalue weighted by Gasteiger charge is -1.97. The lowest BCUT2D eigenvalue weighted by atomic mass is 10.4. The topological polar surface area (TPSA) is 0 Å². The second-order valence-corrected chi connectivity index (χ2v) is 9.98. The SMILES string of the molecule is c1ccc(Sc2ccc(-c3ccc(Sc4ccccc4)s3)s2)cc1. The van der Waals surface area contributed by atoms with Gasteiger partial charge in [-0.2, -0.15) is 0 Å². The monoisotopic (exact) mass is 382 g/mol. The second kappa shape index (κ2) is 7.62. The van der Waals surface area contributed by atoms with Crippen LogP contribution < -0.4 is 0 Å². The van der Waals surface area contributed by atoms with E-state index >= 15 is 0 Å². The molecule has 0 nitrogen and oxygen atoms in total. The van der Waals surface area contributed by atoms with E-state index in [0.717, 1.165) is 0 Å². The largest absolute Gasteiger partial charge is 0.128 e. The van der Waals surface area contributed by atoms with Crippen molar-refractivity contribution in [3.8, 4) is 9.75 Å². The molecule has 4 heteroatoms. The van der Waals surface area contributed by atoms with Gasteiger partial charge in [-0.15, -0.1) is 22.7 Å². The number of thiophene rings is 2. The fraction of sp³-hybridized carbons (Fsp3) is 0. The van der Waals surface area contributed by atoms with Crippen LogP contribution in [0.25, 0.3) is 9.75 Å². The van der Waals surface area contributed by atoms with E-state index in [4.69, 9.17) is 0 Å². The smallest absolute Gasteiger partial charge is 0.0653 e. The molecule has 0 aliphatic carbocycles. The lowest BCUT2D eigenvalue weighted by molar-refractivity contribution is 1.46. The Hall–Kier alpha value is -1.46. The van der Waals surface area contributed by atoms with Crippen LogP contribution in [0, 0.1) is 0 Å². The highest BCUT2D eigenvalue weighted by Gasteiger charge is 2.08. The van der Waals surface area contributed by atoms with Gasteiger partial charge >= 0.3 is 0 Å². The van der Waals surface area contributed by atoms with E-state index in [-0.39, 0.29) is 0 Å². The minimum Gasteiger partial charge on any atom is -0.128 e.